The smallest absolute Gasteiger partial charge is 0.229 e. The summed E-state index contributed by atoms with van der Waals surface area (Å²) in [6.45, 7) is 4.32. The normalized spacial score (nSPS) is 16.6. The third kappa shape index (κ3) is 3.38. The Morgan fingerprint density at radius 2 is 2.00 bits per heavy atom. The Morgan fingerprint density at radius 1 is 1.24 bits per heavy atom. The van der Waals surface area contributed by atoms with Gasteiger partial charge in [-0.1, -0.05) is 29.8 Å². The summed E-state index contributed by atoms with van der Waals surface area (Å²) in [6, 6.07) is 14.8. The van der Waals surface area contributed by atoms with Crippen molar-refractivity contribution in [3.05, 3.63) is 59.2 Å². The third-order valence-corrected chi connectivity index (χ3v) is 4.44. The van der Waals surface area contributed by atoms with Crippen LogP contribution in [0, 0.1) is 31.1 Å². The number of hydrogen-bond donors (Lipinski definition) is 1. The molecule has 2 aromatic rings. The van der Waals surface area contributed by atoms with Crippen LogP contribution in [0.25, 0.3) is 0 Å². The molecule has 5 heteroatoms. The van der Waals surface area contributed by atoms with Gasteiger partial charge in [-0.25, -0.2) is 0 Å². The van der Waals surface area contributed by atoms with Gasteiger partial charge in [0.1, 0.15) is 6.07 Å². The first-order valence-electron chi connectivity index (χ1n) is 8.17. The molecule has 3 rings (SSSR count). The molecular weight excluding hydrogens is 314 g/mol. The fraction of sp³-hybridized carbons (Fsp3) is 0.250. The molecule has 0 saturated carbocycles. The standard InChI is InChI=1S/C20H19N3O2/c1-13-7-8-18(14(2)9-13)23-12-16(10-19(23)24)20(25)22-17-6-4-3-5-15(17)11-21/h3-9,16H,10,12H2,1-2H3,(H,22,25). The number of anilines is 2. The molecule has 1 aliphatic rings. The molecule has 25 heavy (non-hydrogen) atoms. The van der Waals surface area contributed by atoms with Gasteiger partial charge in [0, 0.05) is 18.7 Å². The number of para-hydroxylation sites is 1. The lowest BCUT2D eigenvalue weighted by Crippen LogP contribution is -2.28. The highest BCUT2D eigenvalue weighted by Crippen LogP contribution is 2.29. The third-order valence-electron chi connectivity index (χ3n) is 4.44. The molecule has 126 valence electrons. The lowest BCUT2D eigenvalue weighted by molar-refractivity contribution is -0.122. The van der Waals surface area contributed by atoms with Crippen LogP contribution >= 0.6 is 0 Å². The predicted molar refractivity (Wildman–Crippen MR) is 96.2 cm³/mol. The van der Waals surface area contributed by atoms with Gasteiger partial charge in [0.05, 0.1) is 17.2 Å². The van der Waals surface area contributed by atoms with Crippen molar-refractivity contribution in [3.63, 3.8) is 0 Å². The van der Waals surface area contributed by atoms with Crippen molar-refractivity contribution in [1.29, 1.82) is 5.26 Å². The summed E-state index contributed by atoms with van der Waals surface area (Å²) in [5.74, 6) is -0.719. The van der Waals surface area contributed by atoms with Gasteiger partial charge in [-0.2, -0.15) is 5.26 Å². The summed E-state index contributed by atoms with van der Waals surface area (Å²) in [7, 11) is 0. The van der Waals surface area contributed by atoms with Crippen LogP contribution in [0.1, 0.15) is 23.1 Å². The Balaban J connectivity index is 1.76. The fourth-order valence-corrected chi connectivity index (χ4v) is 3.15. The molecule has 5 nitrogen and oxygen atoms in total. The summed E-state index contributed by atoms with van der Waals surface area (Å²) >= 11 is 0. The maximum Gasteiger partial charge on any atom is 0.229 e. The molecule has 1 saturated heterocycles. The van der Waals surface area contributed by atoms with Crippen molar-refractivity contribution in [2.45, 2.75) is 20.3 Å². The average Bonchev–Trinajstić information content (AvgIpc) is 2.97. The molecule has 0 aliphatic carbocycles. The molecule has 0 spiro atoms. The molecule has 0 radical (unpaired) electrons. The Hall–Kier alpha value is -3.13. The maximum atomic E-state index is 12.5. The van der Waals surface area contributed by atoms with E-state index in [1.807, 2.05) is 32.0 Å². The van der Waals surface area contributed by atoms with Crippen LogP contribution in [0.5, 0.6) is 0 Å². The molecule has 1 N–H and O–H groups in total. The van der Waals surface area contributed by atoms with Crippen LogP contribution < -0.4 is 10.2 Å². The van der Waals surface area contributed by atoms with Crippen LogP contribution in [-0.2, 0) is 9.59 Å². The van der Waals surface area contributed by atoms with Crippen molar-refractivity contribution in [3.8, 4) is 6.07 Å². The highest BCUT2D eigenvalue weighted by molar-refractivity contribution is 6.04. The first-order chi connectivity index (χ1) is 12.0. The summed E-state index contributed by atoms with van der Waals surface area (Å²) in [6.07, 6.45) is 0.174. The molecule has 2 aromatic carbocycles. The number of benzene rings is 2. The van der Waals surface area contributed by atoms with Gasteiger partial charge in [0.2, 0.25) is 11.8 Å². The zero-order valence-corrected chi connectivity index (χ0v) is 14.2. The number of nitrogens with zero attached hydrogens (tertiary/aromatic N) is 2. The summed E-state index contributed by atoms with van der Waals surface area (Å²) in [4.78, 5) is 26.6. The minimum Gasteiger partial charge on any atom is -0.325 e. The highest BCUT2D eigenvalue weighted by Gasteiger charge is 2.35. The second-order valence-electron chi connectivity index (χ2n) is 6.34. The Kier molecular flexibility index (Phi) is 4.53. The molecule has 1 atom stereocenters. The summed E-state index contributed by atoms with van der Waals surface area (Å²) in [5.41, 5.74) is 3.89. The van der Waals surface area contributed by atoms with E-state index in [1.54, 1.807) is 29.2 Å². The molecule has 2 amide bonds. The minimum absolute atomic E-state index is 0.0549. The maximum absolute atomic E-state index is 12.5. The monoisotopic (exact) mass is 333 g/mol. The zero-order chi connectivity index (χ0) is 18.0. The number of rotatable bonds is 3. The highest BCUT2D eigenvalue weighted by atomic mass is 16.2. The van der Waals surface area contributed by atoms with Crippen LogP contribution in [-0.4, -0.2) is 18.4 Å². The molecule has 0 bridgehead atoms. The second-order valence-corrected chi connectivity index (χ2v) is 6.34. The SMILES string of the molecule is Cc1ccc(N2CC(C(=O)Nc3ccccc3C#N)CC2=O)c(C)c1. The van der Waals surface area contributed by atoms with Gasteiger partial charge < -0.3 is 10.2 Å². The van der Waals surface area contributed by atoms with E-state index in [0.29, 0.717) is 17.8 Å². The number of carbonyl (C=O) groups excluding carboxylic acids is 2. The molecule has 1 unspecified atom stereocenters. The van der Waals surface area contributed by atoms with Crippen molar-refractivity contribution in [2.75, 3.05) is 16.8 Å². The summed E-state index contributed by atoms with van der Waals surface area (Å²) < 4.78 is 0. The number of carbonyl (C=O) groups is 2. The van der Waals surface area contributed by atoms with E-state index in [1.165, 1.54) is 0 Å². The number of nitriles is 1. The van der Waals surface area contributed by atoms with E-state index in [4.69, 9.17) is 5.26 Å². The first kappa shape index (κ1) is 16.7. The van der Waals surface area contributed by atoms with Gasteiger partial charge >= 0.3 is 0 Å². The number of aryl methyl sites for hydroxylation is 2. The second kappa shape index (κ2) is 6.78. The van der Waals surface area contributed by atoms with E-state index in [-0.39, 0.29) is 18.2 Å². The van der Waals surface area contributed by atoms with Crippen molar-refractivity contribution in [2.24, 2.45) is 5.92 Å². The van der Waals surface area contributed by atoms with Crippen molar-refractivity contribution in [1.82, 2.24) is 0 Å². The van der Waals surface area contributed by atoms with E-state index in [9.17, 15) is 9.59 Å². The zero-order valence-electron chi connectivity index (χ0n) is 14.2. The Morgan fingerprint density at radius 3 is 2.72 bits per heavy atom. The molecule has 1 fully saturated rings. The number of nitrogens with one attached hydrogen (secondary N) is 1. The first-order valence-corrected chi connectivity index (χ1v) is 8.17. The molecule has 1 aliphatic heterocycles. The number of hydrogen-bond acceptors (Lipinski definition) is 3. The van der Waals surface area contributed by atoms with Crippen LogP contribution in [0.15, 0.2) is 42.5 Å². The number of amides is 2. The van der Waals surface area contributed by atoms with Crippen molar-refractivity contribution < 1.29 is 9.59 Å². The van der Waals surface area contributed by atoms with Gasteiger partial charge in [0.25, 0.3) is 0 Å². The predicted octanol–water partition coefficient (Wildman–Crippen LogP) is 3.17. The topological polar surface area (TPSA) is 73.2 Å². The van der Waals surface area contributed by atoms with Crippen molar-refractivity contribution >= 4 is 23.2 Å². The quantitative estimate of drug-likeness (QED) is 0.937. The van der Waals surface area contributed by atoms with E-state index in [2.05, 4.69) is 11.4 Å². The van der Waals surface area contributed by atoms with E-state index < -0.39 is 5.92 Å². The van der Waals surface area contributed by atoms with Crippen LogP contribution in [0.3, 0.4) is 0 Å². The van der Waals surface area contributed by atoms with Gasteiger partial charge in [0.15, 0.2) is 0 Å². The largest absolute Gasteiger partial charge is 0.325 e. The summed E-state index contributed by atoms with van der Waals surface area (Å²) in [5, 5.41) is 11.9. The van der Waals surface area contributed by atoms with Crippen LogP contribution in [0.2, 0.25) is 0 Å². The van der Waals surface area contributed by atoms with Gasteiger partial charge in [-0.05, 0) is 37.6 Å². The van der Waals surface area contributed by atoms with E-state index >= 15 is 0 Å². The lowest BCUT2D eigenvalue weighted by Gasteiger charge is -2.19. The molecule has 1 heterocycles. The fourth-order valence-electron chi connectivity index (χ4n) is 3.15. The van der Waals surface area contributed by atoms with E-state index in [0.717, 1.165) is 16.8 Å². The van der Waals surface area contributed by atoms with Gasteiger partial charge in [-0.3, -0.25) is 9.59 Å². The Labute approximate surface area is 146 Å². The van der Waals surface area contributed by atoms with Crippen LogP contribution in [0.4, 0.5) is 11.4 Å². The Bertz CT molecular complexity index is 883. The molecular formula is C20H19N3O2. The lowest BCUT2D eigenvalue weighted by atomic mass is 10.1. The minimum atomic E-state index is -0.431. The average molecular weight is 333 g/mol. The molecule has 0 aromatic heterocycles. The van der Waals surface area contributed by atoms with Gasteiger partial charge in [-0.15, -0.1) is 0 Å².